The van der Waals surface area contributed by atoms with Gasteiger partial charge in [0.25, 0.3) is 5.91 Å². The summed E-state index contributed by atoms with van der Waals surface area (Å²) in [4.78, 5) is 38.4. The lowest BCUT2D eigenvalue weighted by Crippen LogP contribution is -2.44. The maximum absolute atomic E-state index is 12.7. The van der Waals surface area contributed by atoms with Crippen LogP contribution in [0.5, 0.6) is 0 Å². The summed E-state index contributed by atoms with van der Waals surface area (Å²) in [6, 6.07) is 6.69. The molecule has 1 aliphatic heterocycles. The van der Waals surface area contributed by atoms with E-state index in [2.05, 4.69) is 31.7 Å². The molecular formula is C18H18BrN5O3. The molecule has 0 atom stereocenters. The molecule has 2 fully saturated rings. The fourth-order valence-electron chi connectivity index (χ4n) is 3.68. The van der Waals surface area contributed by atoms with Crippen LogP contribution < -0.4 is 10.6 Å². The largest absolute Gasteiger partial charge is 0.325 e. The number of aromatic nitrogens is 2. The van der Waals surface area contributed by atoms with Crippen LogP contribution in [-0.2, 0) is 9.59 Å². The average Bonchev–Trinajstić information content (AvgIpc) is 3.33. The molecule has 0 radical (unpaired) electrons. The first-order valence-electron chi connectivity index (χ1n) is 8.72. The third-order valence-corrected chi connectivity index (χ3v) is 5.39. The van der Waals surface area contributed by atoms with Gasteiger partial charge in [-0.15, -0.1) is 0 Å². The van der Waals surface area contributed by atoms with E-state index < -0.39 is 17.5 Å². The fourth-order valence-corrected chi connectivity index (χ4v) is 3.97. The van der Waals surface area contributed by atoms with Crippen LogP contribution in [0, 0.1) is 0 Å². The predicted octanol–water partition coefficient (Wildman–Crippen LogP) is 2.44. The molecule has 2 N–H and O–H groups in total. The van der Waals surface area contributed by atoms with Crippen LogP contribution in [0.2, 0.25) is 0 Å². The van der Waals surface area contributed by atoms with Gasteiger partial charge in [0.1, 0.15) is 12.1 Å². The zero-order valence-corrected chi connectivity index (χ0v) is 16.0. The van der Waals surface area contributed by atoms with E-state index in [0.29, 0.717) is 24.2 Å². The molecule has 140 valence electrons. The third kappa shape index (κ3) is 3.23. The Kier molecular flexibility index (Phi) is 4.47. The molecular weight excluding hydrogens is 414 g/mol. The highest BCUT2D eigenvalue weighted by atomic mass is 79.9. The van der Waals surface area contributed by atoms with E-state index in [9.17, 15) is 14.4 Å². The molecule has 8 nitrogen and oxygen atoms in total. The van der Waals surface area contributed by atoms with Crippen molar-refractivity contribution in [3.05, 3.63) is 41.1 Å². The molecule has 4 amide bonds. The number of nitrogens with one attached hydrogen (secondary N) is 2. The van der Waals surface area contributed by atoms with Crippen molar-refractivity contribution in [2.24, 2.45) is 0 Å². The second kappa shape index (κ2) is 6.80. The van der Waals surface area contributed by atoms with Gasteiger partial charge in [0.15, 0.2) is 0 Å². The van der Waals surface area contributed by atoms with Crippen LogP contribution in [0.4, 0.5) is 10.5 Å². The number of para-hydroxylation sites is 2. The van der Waals surface area contributed by atoms with Gasteiger partial charge in [0.2, 0.25) is 5.91 Å². The molecule has 1 spiro atoms. The van der Waals surface area contributed by atoms with Gasteiger partial charge in [-0.3, -0.25) is 14.5 Å². The molecule has 0 unspecified atom stereocenters. The van der Waals surface area contributed by atoms with Gasteiger partial charge in [-0.05, 0) is 40.9 Å². The number of imide groups is 1. The molecule has 4 rings (SSSR count). The number of hydrogen-bond donors (Lipinski definition) is 2. The zero-order valence-electron chi connectivity index (χ0n) is 14.4. The Balaban J connectivity index is 1.49. The minimum absolute atomic E-state index is 0.301. The smallest absolute Gasteiger partial charge is 0.323 e. The van der Waals surface area contributed by atoms with Crippen LogP contribution in [0.1, 0.15) is 25.7 Å². The first-order valence-corrected chi connectivity index (χ1v) is 9.51. The van der Waals surface area contributed by atoms with Gasteiger partial charge in [-0.25, -0.2) is 9.48 Å². The fraction of sp³-hybridized carbons (Fsp3) is 0.333. The van der Waals surface area contributed by atoms with E-state index in [1.807, 2.05) is 12.1 Å². The van der Waals surface area contributed by atoms with Crippen molar-refractivity contribution < 1.29 is 14.4 Å². The number of carbonyl (C=O) groups is 3. The Morgan fingerprint density at radius 3 is 2.70 bits per heavy atom. The first-order chi connectivity index (χ1) is 13.0. The van der Waals surface area contributed by atoms with E-state index in [0.717, 1.165) is 22.2 Å². The van der Waals surface area contributed by atoms with Crippen LogP contribution in [0.25, 0.3) is 5.69 Å². The summed E-state index contributed by atoms with van der Waals surface area (Å²) >= 11 is 3.35. The SMILES string of the molecule is O=C(CN1C(=O)NC2(CCCC2)C1=O)Nc1ccccc1-n1cc(Br)cn1. The maximum Gasteiger partial charge on any atom is 0.325 e. The summed E-state index contributed by atoms with van der Waals surface area (Å²) in [7, 11) is 0. The number of nitrogens with zero attached hydrogens (tertiary/aromatic N) is 3. The number of benzene rings is 1. The van der Waals surface area contributed by atoms with Crippen molar-refractivity contribution in [3.63, 3.8) is 0 Å². The Hall–Kier alpha value is -2.68. The number of halogens is 1. The normalized spacial score (nSPS) is 18.2. The summed E-state index contributed by atoms with van der Waals surface area (Å²) in [5.41, 5.74) is 0.415. The number of rotatable bonds is 4. The van der Waals surface area contributed by atoms with Crippen molar-refractivity contribution in [2.45, 2.75) is 31.2 Å². The molecule has 1 saturated heterocycles. The summed E-state index contributed by atoms with van der Waals surface area (Å²) < 4.78 is 2.44. The quantitative estimate of drug-likeness (QED) is 0.726. The van der Waals surface area contributed by atoms with Crippen LogP contribution in [-0.4, -0.2) is 44.6 Å². The van der Waals surface area contributed by atoms with Crippen LogP contribution >= 0.6 is 15.9 Å². The number of urea groups is 1. The summed E-state index contributed by atoms with van der Waals surface area (Å²) in [6.07, 6.45) is 6.48. The molecule has 27 heavy (non-hydrogen) atoms. The number of carbonyl (C=O) groups excluding carboxylic acids is 3. The Labute approximate surface area is 164 Å². The van der Waals surface area contributed by atoms with Gasteiger partial charge in [-0.2, -0.15) is 5.10 Å². The molecule has 2 heterocycles. The molecule has 9 heteroatoms. The summed E-state index contributed by atoms with van der Waals surface area (Å²) in [5, 5.41) is 9.77. The summed E-state index contributed by atoms with van der Waals surface area (Å²) in [6.45, 7) is -0.316. The second-order valence-corrected chi connectivity index (χ2v) is 7.69. The van der Waals surface area contributed by atoms with Gasteiger partial charge < -0.3 is 10.6 Å². The van der Waals surface area contributed by atoms with E-state index in [1.54, 1.807) is 29.2 Å². The van der Waals surface area contributed by atoms with Crippen molar-refractivity contribution >= 4 is 39.5 Å². The molecule has 2 aliphatic rings. The van der Waals surface area contributed by atoms with Crippen molar-refractivity contribution in [1.82, 2.24) is 20.0 Å². The maximum atomic E-state index is 12.7. The molecule has 1 aliphatic carbocycles. The van der Waals surface area contributed by atoms with E-state index in [4.69, 9.17) is 0 Å². The highest BCUT2D eigenvalue weighted by Gasteiger charge is 2.52. The summed E-state index contributed by atoms with van der Waals surface area (Å²) in [5.74, 6) is -0.739. The van der Waals surface area contributed by atoms with Gasteiger partial charge in [0, 0.05) is 6.20 Å². The van der Waals surface area contributed by atoms with Crippen LogP contribution in [0.15, 0.2) is 41.1 Å². The minimum atomic E-state index is -0.809. The molecule has 2 aromatic rings. The standard InChI is InChI=1S/C18H18BrN5O3/c19-12-9-20-24(10-12)14-6-2-1-5-13(14)21-15(25)11-23-16(26)18(22-17(23)27)7-3-4-8-18/h1-2,5-6,9-10H,3-4,7-8,11H2,(H,21,25)(H,22,27). The Morgan fingerprint density at radius 1 is 1.26 bits per heavy atom. The van der Waals surface area contributed by atoms with Crippen molar-refractivity contribution in [3.8, 4) is 5.69 Å². The number of hydrogen-bond acceptors (Lipinski definition) is 4. The van der Waals surface area contributed by atoms with Gasteiger partial charge in [-0.1, -0.05) is 25.0 Å². The zero-order chi connectivity index (χ0) is 19.0. The first kappa shape index (κ1) is 17.7. The number of anilines is 1. The molecule has 0 bridgehead atoms. The average molecular weight is 432 g/mol. The van der Waals surface area contributed by atoms with Crippen molar-refractivity contribution in [1.29, 1.82) is 0 Å². The molecule has 1 aromatic heterocycles. The lowest BCUT2D eigenvalue weighted by molar-refractivity contribution is -0.133. The van der Waals surface area contributed by atoms with Crippen molar-refractivity contribution in [2.75, 3.05) is 11.9 Å². The van der Waals surface area contributed by atoms with Gasteiger partial charge >= 0.3 is 6.03 Å². The lowest BCUT2D eigenvalue weighted by Gasteiger charge is -2.20. The lowest BCUT2D eigenvalue weighted by atomic mass is 9.98. The Morgan fingerprint density at radius 2 is 2.00 bits per heavy atom. The third-order valence-electron chi connectivity index (χ3n) is 4.98. The molecule has 1 aromatic carbocycles. The van der Waals surface area contributed by atoms with E-state index in [1.165, 1.54) is 0 Å². The topological polar surface area (TPSA) is 96.3 Å². The minimum Gasteiger partial charge on any atom is -0.323 e. The number of amides is 4. The Bertz CT molecular complexity index is 919. The van der Waals surface area contributed by atoms with E-state index in [-0.39, 0.29) is 12.5 Å². The predicted molar refractivity (Wildman–Crippen MR) is 101 cm³/mol. The second-order valence-electron chi connectivity index (χ2n) is 6.78. The highest BCUT2D eigenvalue weighted by Crippen LogP contribution is 2.35. The highest BCUT2D eigenvalue weighted by molar-refractivity contribution is 9.10. The van der Waals surface area contributed by atoms with E-state index >= 15 is 0 Å². The molecule has 1 saturated carbocycles. The monoisotopic (exact) mass is 431 g/mol. The van der Waals surface area contributed by atoms with Gasteiger partial charge in [0.05, 0.1) is 22.0 Å². The van der Waals surface area contributed by atoms with Crippen LogP contribution in [0.3, 0.4) is 0 Å².